The standard InChI is InChI=1S/C18H25NO3/c1-12(2)22-16-5-4-13(10-15(16)21)18-7-6-14(20)11-17(18)19(3)9-8-18/h4-5,10-12,14,20-21H,6-9H2,1-3H3/t14-,18-/m0/s1. The normalized spacial score (nSPS) is 27.8. The number of likely N-dealkylation sites (N-methyl/N-ethyl adjacent to an activating group) is 1. The molecule has 4 nitrogen and oxygen atoms in total. The van der Waals surface area contributed by atoms with Gasteiger partial charge in [0.15, 0.2) is 11.5 Å². The molecule has 0 saturated carbocycles. The maximum atomic E-state index is 10.3. The number of allylic oxidation sites excluding steroid dienone is 1. The Morgan fingerprint density at radius 3 is 2.77 bits per heavy atom. The number of nitrogens with zero attached hydrogens (tertiary/aromatic N) is 1. The first-order valence-electron chi connectivity index (χ1n) is 8.04. The van der Waals surface area contributed by atoms with Gasteiger partial charge in [0, 0.05) is 24.7 Å². The first-order valence-corrected chi connectivity index (χ1v) is 8.04. The highest BCUT2D eigenvalue weighted by Crippen LogP contribution is 2.50. The van der Waals surface area contributed by atoms with Crippen LogP contribution in [0.4, 0.5) is 0 Å². The van der Waals surface area contributed by atoms with Crippen molar-refractivity contribution in [2.24, 2.45) is 0 Å². The number of phenols is 1. The van der Waals surface area contributed by atoms with Gasteiger partial charge in [0.1, 0.15) is 0 Å². The number of ether oxygens (including phenoxy) is 1. The van der Waals surface area contributed by atoms with Crippen LogP contribution >= 0.6 is 0 Å². The summed E-state index contributed by atoms with van der Waals surface area (Å²) in [5.74, 6) is 0.725. The summed E-state index contributed by atoms with van der Waals surface area (Å²) in [6.45, 7) is 4.87. The van der Waals surface area contributed by atoms with Crippen LogP contribution in [0, 0.1) is 0 Å². The van der Waals surface area contributed by atoms with Crippen LogP contribution in [0.5, 0.6) is 11.5 Å². The number of aliphatic hydroxyl groups excluding tert-OH is 1. The minimum absolute atomic E-state index is 0.0350. The minimum atomic E-state index is -0.360. The molecule has 1 saturated heterocycles. The molecule has 2 aliphatic rings. The van der Waals surface area contributed by atoms with Crippen molar-refractivity contribution >= 4 is 0 Å². The number of hydrogen-bond donors (Lipinski definition) is 2. The number of rotatable bonds is 3. The maximum absolute atomic E-state index is 10.3. The van der Waals surface area contributed by atoms with Gasteiger partial charge < -0.3 is 19.8 Å². The molecule has 0 radical (unpaired) electrons. The van der Waals surface area contributed by atoms with Crippen molar-refractivity contribution in [3.05, 3.63) is 35.5 Å². The van der Waals surface area contributed by atoms with E-state index in [1.807, 2.05) is 32.1 Å². The zero-order valence-electron chi connectivity index (χ0n) is 13.5. The van der Waals surface area contributed by atoms with Crippen molar-refractivity contribution in [1.82, 2.24) is 4.90 Å². The zero-order valence-corrected chi connectivity index (χ0v) is 13.5. The number of likely N-dealkylation sites (tertiary alicyclic amines) is 1. The van der Waals surface area contributed by atoms with E-state index in [4.69, 9.17) is 4.74 Å². The van der Waals surface area contributed by atoms with Gasteiger partial charge in [-0.2, -0.15) is 0 Å². The number of aliphatic hydroxyl groups is 1. The van der Waals surface area contributed by atoms with Crippen LogP contribution < -0.4 is 4.74 Å². The molecule has 3 rings (SSSR count). The van der Waals surface area contributed by atoms with E-state index in [1.54, 1.807) is 0 Å². The molecule has 1 aromatic rings. The molecular formula is C18H25NO3. The molecule has 0 aromatic heterocycles. The summed E-state index contributed by atoms with van der Waals surface area (Å²) < 4.78 is 5.62. The Bertz CT molecular complexity index is 596. The van der Waals surface area contributed by atoms with Crippen LogP contribution in [0.1, 0.15) is 38.7 Å². The summed E-state index contributed by atoms with van der Waals surface area (Å²) in [4.78, 5) is 2.22. The van der Waals surface area contributed by atoms with Crippen molar-refractivity contribution in [3.8, 4) is 11.5 Å². The van der Waals surface area contributed by atoms with Gasteiger partial charge in [0.25, 0.3) is 0 Å². The van der Waals surface area contributed by atoms with Crippen molar-refractivity contribution in [2.75, 3.05) is 13.6 Å². The Hall–Kier alpha value is -1.68. The van der Waals surface area contributed by atoms with Crippen LogP contribution in [0.25, 0.3) is 0 Å². The van der Waals surface area contributed by atoms with Gasteiger partial charge in [0.05, 0.1) is 12.2 Å². The van der Waals surface area contributed by atoms with Gasteiger partial charge in [-0.1, -0.05) is 6.07 Å². The Morgan fingerprint density at radius 1 is 1.32 bits per heavy atom. The average molecular weight is 303 g/mol. The second kappa shape index (κ2) is 5.51. The van der Waals surface area contributed by atoms with E-state index in [2.05, 4.69) is 18.0 Å². The molecule has 2 N–H and O–H groups in total. The van der Waals surface area contributed by atoms with E-state index in [1.165, 1.54) is 5.70 Å². The largest absolute Gasteiger partial charge is 0.504 e. The van der Waals surface area contributed by atoms with Crippen molar-refractivity contribution in [1.29, 1.82) is 0 Å². The molecule has 0 unspecified atom stereocenters. The van der Waals surface area contributed by atoms with E-state index in [0.29, 0.717) is 5.75 Å². The summed E-state index contributed by atoms with van der Waals surface area (Å²) in [7, 11) is 2.07. The van der Waals surface area contributed by atoms with Crippen LogP contribution in [-0.4, -0.2) is 40.9 Å². The van der Waals surface area contributed by atoms with Crippen LogP contribution in [0.3, 0.4) is 0 Å². The molecule has 2 atom stereocenters. The minimum Gasteiger partial charge on any atom is -0.504 e. The number of hydrogen-bond acceptors (Lipinski definition) is 4. The molecule has 22 heavy (non-hydrogen) atoms. The van der Waals surface area contributed by atoms with E-state index in [0.717, 1.165) is 31.4 Å². The van der Waals surface area contributed by atoms with Gasteiger partial charge in [0.2, 0.25) is 0 Å². The van der Waals surface area contributed by atoms with Gasteiger partial charge in [-0.15, -0.1) is 0 Å². The molecule has 120 valence electrons. The molecule has 4 heteroatoms. The maximum Gasteiger partial charge on any atom is 0.161 e. The average Bonchev–Trinajstić information content (AvgIpc) is 2.79. The molecule has 0 amide bonds. The molecule has 1 aromatic carbocycles. The fraction of sp³-hybridized carbons (Fsp3) is 0.556. The lowest BCUT2D eigenvalue weighted by atomic mass is 9.70. The van der Waals surface area contributed by atoms with E-state index in [9.17, 15) is 10.2 Å². The zero-order chi connectivity index (χ0) is 15.9. The number of aromatic hydroxyl groups is 1. The third-order valence-electron chi connectivity index (χ3n) is 4.87. The first kappa shape index (κ1) is 15.2. The third-order valence-corrected chi connectivity index (χ3v) is 4.87. The third kappa shape index (κ3) is 2.45. The number of fused-ring (bicyclic) bond motifs is 1. The molecule has 0 spiro atoms. The molecule has 1 aliphatic heterocycles. The first-order chi connectivity index (χ1) is 10.4. The van der Waals surface area contributed by atoms with E-state index < -0.39 is 0 Å². The summed E-state index contributed by atoms with van der Waals surface area (Å²) in [5, 5.41) is 20.3. The quantitative estimate of drug-likeness (QED) is 0.901. The number of benzene rings is 1. The van der Waals surface area contributed by atoms with Crippen LogP contribution in [0.15, 0.2) is 30.0 Å². The topological polar surface area (TPSA) is 52.9 Å². The monoisotopic (exact) mass is 303 g/mol. The Kier molecular flexibility index (Phi) is 3.81. The fourth-order valence-corrected chi connectivity index (χ4v) is 3.78. The highest BCUT2D eigenvalue weighted by molar-refractivity contribution is 5.49. The predicted octanol–water partition coefficient (Wildman–Crippen LogP) is 2.79. The highest BCUT2D eigenvalue weighted by Gasteiger charge is 2.45. The Labute approximate surface area is 132 Å². The summed E-state index contributed by atoms with van der Waals surface area (Å²) >= 11 is 0. The van der Waals surface area contributed by atoms with Crippen LogP contribution in [0.2, 0.25) is 0 Å². The highest BCUT2D eigenvalue weighted by atomic mass is 16.5. The predicted molar refractivity (Wildman–Crippen MR) is 86.1 cm³/mol. The molecule has 0 bridgehead atoms. The lowest BCUT2D eigenvalue weighted by Gasteiger charge is -2.37. The summed E-state index contributed by atoms with van der Waals surface area (Å²) in [6.07, 6.45) is 4.35. The SMILES string of the molecule is CC(C)Oc1ccc([C@@]23CC[C@H](O)C=C2N(C)CC3)cc1O. The molecule has 1 aliphatic carbocycles. The van der Waals surface area contributed by atoms with Crippen molar-refractivity contribution in [2.45, 2.75) is 50.7 Å². The van der Waals surface area contributed by atoms with Crippen LogP contribution in [-0.2, 0) is 5.41 Å². The van der Waals surface area contributed by atoms with Gasteiger partial charge in [-0.05, 0) is 56.9 Å². The van der Waals surface area contributed by atoms with Gasteiger partial charge in [-0.25, -0.2) is 0 Å². The molecular weight excluding hydrogens is 278 g/mol. The lowest BCUT2D eigenvalue weighted by molar-refractivity contribution is 0.181. The van der Waals surface area contributed by atoms with Gasteiger partial charge in [-0.3, -0.25) is 0 Å². The van der Waals surface area contributed by atoms with Crippen molar-refractivity contribution < 1.29 is 14.9 Å². The lowest BCUT2D eigenvalue weighted by Crippen LogP contribution is -2.33. The van der Waals surface area contributed by atoms with Gasteiger partial charge >= 0.3 is 0 Å². The number of phenolic OH excluding ortho intramolecular Hbond substituents is 1. The van der Waals surface area contributed by atoms with E-state index >= 15 is 0 Å². The Morgan fingerprint density at radius 2 is 2.09 bits per heavy atom. The summed E-state index contributed by atoms with van der Waals surface area (Å²) in [5.41, 5.74) is 2.22. The smallest absolute Gasteiger partial charge is 0.161 e. The second-order valence-electron chi connectivity index (χ2n) is 6.76. The Balaban J connectivity index is 1.99. The fourth-order valence-electron chi connectivity index (χ4n) is 3.78. The summed E-state index contributed by atoms with van der Waals surface area (Å²) in [6, 6.07) is 5.75. The molecule has 1 heterocycles. The van der Waals surface area contributed by atoms with E-state index in [-0.39, 0.29) is 23.4 Å². The van der Waals surface area contributed by atoms with Crippen molar-refractivity contribution in [3.63, 3.8) is 0 Å². The second-order valence-corrected chi connectivity index (χ2v) is 6.76. The molecule has 1 fully saturated rings.